The second kappa shape index (κ2) is 5.01. The van der Waals surface area contributed by atoms with Crippen molar-refractivity contribution in [3.05, 3.63) is 65.7 Å². The lowest BCUT2D eigenvalue weighted by Gasteiger charge is -2.30. The first-order valence-electron chi connectivity index (χ1n) is 8.33. The van der Waals surface area contributed by atoms with Gasteiger partial charge in [0, 0.05) is 11.4 Å². The van der Waals surface area contributed by atoms with Crippen LogP contribution in [0.4, 0.5) is 11.4 Å². The molecule has 0 spiro atoms. The third-order valence-corrected chi connectivity index (χ3v) is 5.39. The number of para-hydroxylation sites is 1. The topological polar surface area (TPSA) is 12.0 Å². The van der Waals surface area contributed by atoms with Crippen LogP contribution in [0.2, 0.25) is 0 Å². The lowest BCUT2D eigenvalue weighted by Crippen LogP contribution is -2.24. The fourth-order valence-electron chi connectivity index (χ4n) is 4.21. The Bertz CT molecular complexity index is 725. The summed E-state index contributed by atoms with van der Waals surface area (Å²) in [5.74, 6) is 0.697. The summed E-state index contributed by atoms with van der Waals surface area (Å²) in [6.45, 7) is 4.82. The van der Waals surface area contributed by atoms with Gasteiger partial charge in [-0.05, 0) is 71.6 Å². The summed E-state index contributed by atoms with van der Waals surface area (Å²) in [5.41, 5.74) is 7.17. The lowest BCUT2D eigenvalue weighted by molar-refractivity contribution is 0.376. The fourth-order valence-corrected chi connectivity index (χ4v) is 4.21. The summed E-state index contributed by atoms with van der Waals surface area (Å²) in [5, 5.41) is 3.53. The molecule has 0 saturated carbocycles. The Morgan fingerprint density at radius 1 is 1.00 bits per heavy atom. The minimum Gasteiger partial charge on any atom is -0.356 e. The first kappa shape index (κ1) is 13.6. The number of allylic oxidation sites excluding steroid dienone is 2. The predicted molar refractivity (Wildman–Crippen MR) is 94.5 cm³/mol. The smallest absolute Gasteiger partial charge is 0.0387 e. The third-order valence-electron chi connectivity index (χ3n) is 5.39. The van der Waals surface area contributed by atoms with Crippen LogP contribution in [0.25, 0.3) is 5.57 Å². The highest BCUT2D eigenvalue weighted by Crippen LogP contribution is 2.54. The fraction of sp³-hybridized carbons (Fsp3) is 0.333. The number of fused-ring (bicyclic) bond motifs is 3. The molecule has 0 heterocycles. The highest BCUT2D eigenvalue weighted by atomic mass is 14.9. The standard InChI is InChI=1S/C21H23N/c1-21(2)19-11-7-6-10-17(19)18-13-12-16(14-20(18)21)22-15-8-4-3-5-9-15/h3-5,8-10,12-14,19,22H,6-7,11H2,1-2H3. The molecule has 1 atom stereocenters. The van der Waals surface area contributed by atoms with Gasteiger partial charge in [0.2, 0.25) is 0 Å². The second-order valence-corrected chi connectivity index (χ2v) is 7.12. The van der Waals surface area contributed by atoms with Crippen molar-refractivity contribution in [2.24, 2.45) is 5.92 Å². The van der Waals surface area contributed by atoms with Crippen LogP contribution in [-0.4, -0.2) is 0 Å². The van der Waals surface area contributed by atoms with Gasteiger partial charge in [0.15, 0.2) is 0 Å². The molecule has 1 unspecified atom stereocenters. The molecule has 2 aliphatic carbocycles. The molecule has 2 aromatic rings. The Kier molecular flexibility index (Phi) is 3.11. The van der Waals surface area contributed by atoms with Crippen molar-refractivity contribution in [2.45, 2.75) is 38.5 Å². The van der Waals surface area contributed by atoms with E-state index in [9.17, 15) is 0 Å². The van der Waals surface area contributed by atoms with E-state index in [1.165, 1.54) is 36.1 Å². The van der Waals surface area contributed by atoms with Crippen LogP contribution in [0.15, 0.2) is 54.6 Å². The molecule has 0 radical (unpaired) electrons. The molecule has 112 valence electrons. The van der Waals surface area contributed by atoms with Gasteiger partial charge in [-0.25, -0.2) is 0 Å². The van der Waals surface area contributed by atoms with Crippen LogP contribution in [0.1, 0.15) is 44.2 Å². The van der Waals surface area contributed by atoms with E-state index in [0.717, 1.165) is 5.69 Å². The van der Waals surface area contributed by atoms with Gasteiger partial charge in [0.05, 0.1) is 0 Å². The Morgan fingerprint density at radius 3 is 2.64 bits per heavy atom. The molecule has 4 rings (SSSR count). The van der Waals surface area contributed by atoms with Crippen molar-refractivity contribution >= 4 is 16.9 Å². The minimum absolute atomic E-state index is 0.246. The van der Waals surface area contributed by atoms with Crippen molar-refractivity contribution in [1.29, 1.82) is 0 Å². The highest BCUT2D eigenvalue weighted by Gasteiger charge is 2.43. The zero-order chi connectivity index (χ0) is 15.2. The van der Waals surface area contributed by atoms with E-state index < -0.39 is 0 Å². The van der Waals surface area contributed by atoms with Gasteiger partial charge in [-0.3, -0.25) is 0 Å². The first-order chi connectivity index (χ1) is 10.7. The van der Waals surface area contributed by atoms with Crippen LogP contribution >= 0.6 is 0 Å². The molecule has 1 N–H and O–H groups in total. The van der Waals surface area contributed by atoms with E-state index in [1.807, 2.05) is 6.07 Å². The molecule has 22 heavy (non-hydrogen) atoms. The number of anilines is 2. The van der Waals surface area contributed by atoms with Gasteiger partial charge in [-0.2, -0.15) is 0 Å². The van der Waals surface area contributed by atoms with Crippen molar-refractivity contribution in [3.63, 3.8) is 0 Å². The summed E-state index contributed by atoms with van der Waals surface area (Å²) in [4.78, 5) is 0. The van der Waals surface area contributed by atoms with Crippen LogP contribution < -0.4 is 5.32 Å². The van der Waals surface area contributed by atoms with Crippen LogP contribution in [-0.2, 0) is 5.41 Å². The Hall–Kier alpha value is -2.02. The number of hydrogen-bond donors (Lipinski definition) is 1. The van der Waals surface area contributed by atoms with Crippen LogP contribution in [0.5, 0.6) is 0 Å². The summed E-state index contributed by atoms with van der Waals surface area (Å²) in [7, 11) is 0. The minimum atomic E-state index is 0.246. The number of benzene rings is 2. The maximum Gasteiger partial charge on any atom is 0.0387 e. The number of nitrogens with one attached hydrogen (secondary N) is 1. The Labute approximate surface area is 133 Å². The molecular formula is C21H23N. The lowest BCUT2D eigenvalue weighted by atomic mass is 9.73. The van der Waals surface area contributed by atoms with Gasteiger partial charge in [0.25, 0.3) is 0 Å². The third kappa shape index (κ3) is 2.08. The summed E-state index contributed by atoms with van der Waals surface area (Å²) < 4.78 is 0. The molecular weight excluding hydrogens is 266 g/mol. The summed E-state index contributed by atoms with van der Waals surface area (Å²) >= 11 is 0. The number of hydrogen-bond acceptors (Lipinski definition) is 1. The average molecular weight is 289 g/mol. The Morgan fingerprint density at radius 2 is 1.82 bits per heavy atom. The zero-order valence-corrected chi connectivity index (χ0v) is 13.4. The van der Waals surface area contributed by atoms with E-state index in [-0.39, 0.29) is 5.41 Å². The summed E-state index contributed by atoms with van der Waals surface area (Å²) in [6, 6.07) is 17.3. The molecule has 0 saturated heterocycles. The normalized spacial score (nSPS) is 21.7. The molecule has 0 aliphatic heterocycles. The van der Waals surface area contributed by atoms with Crippen molar-refractivity contribution in [3.8, 4) is 0 Å². The van der Waals surface area contributed by atoms with E-state index in [0.29, 0.717) is 5.92 Å². The zero-order valence-electron chi connectivity index (χ0n) is 13.4. The average Bonchev–Trinajstić information content (AvgIpc) is 2.77. The molecule has 0 fully saturated rings. The van der Waals surface area contributed by atoms with Gasteiger partial charge < -0.3 is 5.32 Å². The van der Waals surface area contributed by atoms with Gasteiger partial charge in [0.1, 0.15) is 0 Å². The van der Waals surface area contributed by atoms with Crippen molar-refractivity contribution in [2.75, 3.05) is 5.32 Å². The molecule has 0 bridgehead atoms. The molecule has 0 aromatic heterocycles. The molecule has 0 amide bonds. The largest absolute Gasteiger partial charge is 0.356 e. The highest BCUT2D eigenvalue weighted by molar-refractivity contribution is 5.80. The van der Waals surface area contributed by atoms with E-state index >= 15 is 0 Å². The number of rotatable bonds is 2. The summed E-state index contributed by atoms with van der Waals surface area (Å²) in [6.07, 6.45) is 6.38. The van der Waals surface area contributed by atoms with Gasteiger partial charge in [-0.1, -0.05) is 44.2 Å². The van der Waals surface area contributed by atoms with Crippen molar-refractivity contribution in [1.82, 2.24) is 0 Å². The first-order valence-corrected chi connectivity index (χ1v) is 8.33. The van der Waals surface area contributed by atoms with Gasteiger partial charge >= 0.3 is 0 Å². The van der Waals surface area contributed by atoms with Crippen LogP contribution in [0, 0.1) is 5.92 Å². The van der Waals surface area contributed by atoms with E-state index in [1.54, 1.807) is 5.57 Å². The molecule has 2 aromatic carbocycles. The maximum atomic E-state index is 3.53. The van der Waals surface area contributed by atoms with Crippen molar-refractivity contribution < 1.29 is 0 Å². The van der Waals surface area contributed by atoms with E-state index in [4.69, 9.17) is 0 Å². The Balaban J connectivity index is 1.74. The molecule has 1 nitrogen and oxygen atoms in total. The monoisotopic (exact) mass is 289 g/mol. The van der Waals surface area contributed by atoms with Gasteiger partial charge in [-0.15, -0.1) is 0 Å². The maximum absolute atomic E-state index is 3.53. The predicted octanol–water partition coefficient (Wildman–Crippen LogP) is 5.90. The molecule has 2 aliphatic rings. The quantitative estimate of drug-likeness (QED) is 0.725. The van der Waals surface area contributed by atoms with Crippen LogP contribution in [0.3, 0.4) is 0 Å². The van der Waals surface area contributed by atoms with E-state index in [2.05, 4.69) is 67.7 Å². The second-order valence-electron chi connectivity index (χ2n) is 7.12. The molecule has 1 heteroatoms. The SMILES string of the molecule is CC1(C)c2cc(Nc3ccccc3)ccc2C2=CCCCC21.